The number of nitrogens with one attached hydrogen (secondary N) is 1. The van der Waals surface area contributed by atoms with Crippen LogP contribution in [-0.4, -0.2) is 23.5 Å². The molecular weight excluding hydrogens is 310 g/mol. The highest BCUT2D eigenvalue weighted by molar-refractivity contribution is 8.01. The summed E-state index contributed by atoms with van der Waals surface area (Å²) in [6.07, 6.45) is 1.99. The third-order valence-electron chi connectivity index (χ3n) is 4.27. The van der Waals surface area contributed by atoms with E-state index in [0.29, 0.717) is 17.2 Å². The van der Waals surface area contributed by atoms with Crippen LogP contribution in [0.25, 0.3) is 0 Å². The summed E-state index contributed by atoms with van der Waals surface area (Å²) >= 11 is 3.86. The molecule has 1 aromatic heterocycles. The Kier molecular flexibility index (Phi) is 5.58. The van der Waals surface area contributed by atoms with E-state index >= 15 is 0 Å². The first-order valence-electron chi connectivity index (χ1n) is 7.91. The Hall–Kier alpha value is -0.810. The smallest absolute Gasteiger partial charge is 0.0649 e. The first-order valence-corrected chi connectivity index (χ1v) is 9.67. The van der Waals surface area contributed by atoms with Crippen LogP contribution in [0.15, 0.2) is 46.0 Å². The lowest BCUT2D eigenvalue weighted by Gasteiger charge is -2.29. The van der Waals surface area contributed by atoms with E-state index in [4.69, 9.17) is 0 Å². The van der Waals surface area contributed by atoms with Gasteiger partial charge in [0.15, 0.2) is 0 Å². The number of aliphatic hydroxyl groups excluding tert-OH is 1. The van der Waals surface area contributed by atoms with Crippen molar-refractivity contribution in [3.63, 3.8) is 0 Å². The maximum atomic E-state index is 9.37. The summed E-state index contributed by atoms with van der Waals surface area (Å²) < 4.78 is 1.47. The van der Waals surface area contributed by atoms with Crippen LogP contribution in [0.5, 0.6) is 0 Å². The second-order valence-electron chi connectivity index (χ2n) is 5.91. The molecule has 0 radical (unpaired) electrons. The molecule has 2 aromatic rings. The highest BCUT2D eigenvalue weighted by Crippen LogP contribution is 2.43. The topological polar surface area (TPSA) is 32.3 Å². The summed E-state index contributed by atoms with van der Waals surface area (Å²) in [6.45, 7) is 3.47. The fourth-order valence-corrected chi connectivity index (χ4v) is 5.66. The van der Waals surface area contributed by atoms with E-state index in [0.717, 1.165) is 13.0 Å². The number of rotatable bonds is 6. The van der Waals surface area contributed by atoms with Crippen LogP contribution in [0, 0.1) is 0 Å². The fraction of sp³-hybridized carbons (Fsp3) is 0.444. The minimum Gasteiger partial charge on any atom is -0.396 e. The second kappa shape index (κ2) is 7.64. The van der Waals surface area contributed by atoms with Gasteiger partial charge in [-0.3, -0.25) is 0 Å². The van der Waals surface area contributed by atoms with E-state index in [1.807, 2.05) is 29.2 Å². The zero-order valence-electron chi connectivity index (χ0n) is 12.9. The number of aliphatic hydroxyl groups is 1. The lowest BCUT2D eigenvalue weighted by molar-refractivity contribution is 0.271. The monoisotopic (exact) mass is 333 g/mol. The van der Waals surface area contributed by atoms with Crippen molar-refractivity contribution < 1.29 is 5.11 Å². The van der Waals surface area contributed by atoms with Crippen molar-refractivity contribution in [2.45, 2.75) is 41.2 Å². The van der Waals surface area contributed by atoms with Gasteiger partial charge in [0, 0.05) is 24.4 Å². The number of benzene rings is 1. The summed E-state index contributed by atoms with van der Waals surface area (Å²) in [4.78, 5) is 0. The first-order chi connectivity index (χ1) is 10.8. The van der Waals surface area contributed by atoms with E-state index in [-0.39, 0.29) is 6.61 Å². The number of hydrogen-bond donors (Lipinski definition) is 2. The Morgan fingerprint density at radius 1 is 1.27 bits per heavy atom. The Labute approximate surface area is 141 Å². The van der Waals surface area contributed by atoms with Crippen molar-refractivity contribution in [2.24, 2.45) is 0 Å². The summed E-state index contributed by atoms with van der Waals surface area (Å²) in [7, 11) is 0. The molecule has 0 amide bonds. The van der Waals surface area contributed by atoms with E-state index in [2.05, 4.69) is 48.0 Å². The van der Waals surface area contributed by atoms with Crippen LogP contribution >= 0.6 is 23.1 Å². The Morgan fingerprint density at radius 3 is 2.86 bits per heavy atom. The average Bonchev–Trinajstić information content (AvgIpc) is 3.00. The molecule has 4 heteroatoms. The van der Waals surface area contributed by atoms with Gasteiger partial charge in [0.1, 0.15) is 0 Å². The maximum Gasteiger partial charge on any atom is 0.0649 e. The zero-order valence-corrected chi connectivity index (χ0v) is 14.5. The minimum absolute atomic E-state index is 0.238. The van der Waals surface area contributed by atoms with Gasteiger partial charge in [-0.1, -0.05) is 37.3 Å². The van der Waals surface area contributed by atoms with Crippen molar-refractivity contribution in [1.82, 2.24) is 5.32 Å². The Morgan fingerprint density at radius 2 is 2.09 bits per heavy atom. The number of thioether (sulfide) groups is 1. The molecule has 0 saturated carbocycles. The first kappa shape index (κ1) is 16.1. The largest absolute Gasteiger partial charge is 0.396 e. The zero-order chi connectivity index (χ0) is 15.4. The lowest BCUT2D eigenvalue weighted by Crippen LogP contribution is -2.30. The quantitative estimate of drug-likeness (QED) is 0.820. The van der Waals surface area contributed by atoms with Gasteiger partial charge in [-0.25, -0.2) is 0 Å². The highest BCUT2D eigenvalue weighted by atomic mass is 32.2. The van der Waals surface area contributed by atoms with Crippen LogP contribution in [-0.2, 0) is 0 Å². The van der Waals surface area contributed by atoms with E-state index in [1.165, 1.54) is 21.8 Å². The number of thiophene rings is 1. The van der Waals surface area contributed by atoms with Crippen LogP contribution < -0.4 is 5.32 Å². The predicted molar refractivity (Wildman–Crippen MR) is 95.9 cm³/mol. The van der Waals surface area contributed by atoms with E-state index in [9.17, 15) is 5.11 Å². The summed E-state index contributed by atoms with van der Waals surface area (Å²) in [5.41, 5.74) is 2.77. The van der Waals surface area contributed by atoms with Crippen LogP contribution in [0.3, 0.4) is 0 Å². The third kappa shape index (κ3) is 3.74. The molecule has 3 rings (SSSR count). The van der Waals surface area contributed by atoms with Gasteiger partial charge in [-0.2, -0.15) is 0 Å². The molecule has 0 fully saturated rings. The van der Waals surface area contributed by atoms with Gasteiger partial charge >= 0.3 is 0 Å². The van der Waals surface area contributed by atoms with E-state index in [1.54, 1.807) is 0 Å². The molecular formula is C18H23NOS2. The second-order valence-corrected chi connectivity index (χ2v) is 8.53. The molecule has 3 atom stereocenters. The van der Waals surface area contributed by atoms with Crippen LogP contribution in [0.2, 0.25) is 0 Å². The van der Waals surface area contributed by atoms with Gasteiger partial charge < -0.3 is 10.4 Å². The molecule has 1 aliphatic rings. The molecule has 118 valence electrons. The van der Waals surface area contributed by atoms with Gasteiger partial charge in [0.05, 0.1) is 4.21 Å². The molecule has 2 unspecified atom stereocenters. The standard InChI is InChI=1S/C18H23NOS2/c1-13-11-17(16-8-10-21-18(16)22-13)19-12-15(7-9-20)14-5-3-2-4-6-14/h2-6,8,10,13,15,17,19-20H,7,9,11-12H2,1H3/t13-,15?,17?/m0/s1. The van der Waals surface area contributed by atoms with Crippen molar-refractivity contribution in [2.75, 3.05) is 13.2 Å². The Balaban J connectivity index is 1.68. The predicted octanol–water partition coefficient (Wildman–Crippen LogP) is 4.43. The minimum atomic E-state index is 0.238. The normalized spacial score (nSPS) is 22.3. The molecule has 22 heavy (non-hydrogen) atoms. The molecule has 0 bridgehead atoms. The SMILES string of the molecule is C[C@H]1CC(NCC(CCO)c2ccccc2)c2ccsc2S1. The average molecular weight is 334 g/mol. The summed E-state index contributed by atoms with van der Waals surface area (Å²) in [5.74, 6) is 0.373. The van der Waals surface area contributed by atoms with Crippen LogP contribution in [0.4, 0.5) is 0 Å². The fourth-order valence-electron chi connectivity index (χ4n) is 3.09. The molecule has 2 heterocycles. The Bertz CT molecular complexity index is 584. The van der Waals surface area contributed by atoms with Gasteiger partial charge in [0.25, 0.3) is 0 Å². The van der Waals surface area contributed by atoms with Crippen LogP contribution in [0.1, 0.15) is 42.9 Å². The molecule has 1 aliphatic heterocycles. The third-order valence-corrected chi connectivity index (χ3v) is 6.61. The lowest BCUT2D eigenvalue weighted by atomic mass is 9.95. The van der Waals surface area contributed by atoms with Crippen molar-refractivity contribution in [3.8, 4) is 0 Å². The van der Waals surface area contributed by atoms with E-state index < -0.39 is 0 Å². The van der Waals surface area contributed by atoms with Crippen molar-refractivity contribution in [1.29, 1.82) is 0 Å². The summed E-state index contributed by atoms with van der Waals surface area (Å²) in [5, 5.41) is 16.0. The molecule has 0 saturated heterocycles. The molecule has 0 aliphatic carbocycles. The highest BCUT2D eigenvalue weighted by Gasteiger charge is 2.26. The maximum absolute atomic E-state index is 9.37. The molecule has 1 aromatic carbocycles. The number of fused-ring (bicyclic) bond motifs is 1. The van der Waals surface area contributed by atoms with Gasteiger partial charge in [-0.15, -0.1) is 23.1 Å². The van der Waals surface area contributed by atoms with Gasteiger partial charge in [0.2, 0.25) is 0 Å². The molecule has 0 spiro atoms. The van der Waals surface area contributed by atoms with Crippen molar-refractivity contribution >= 4 is 23.1 Å². The number of hydrogen-bond acceptors (Lipinski definition) is 4. The van der Waals surface area contributed by atoms with Gasteiger partial charge in [-0.05, 0) is 41.3 Å². The molecule has 2 nitrogen and oxygen atoms in total. The molecule has 2 N–H and O–H groups in total. The van der Waals surface area contributed by atoms with Crippen molar-refractivity contribution in [3.05, 3.63) is 52.9 Å². The summed E-state index contributed by atoms with van der Waals surface area (Å²) in [6, 6.07) is 13.2.